The van der Waals surface area contributed by atoms with Crippen LogP contribution in [-0.4, -0.2) is 11.1 Å². The van der Waals surface area contributed by atoms with Gasteiger partial charge in [0.2, 0.25) is 0 Å². The molecule has 0 radical (unpaired) electrons. The zero-order chi connectivity index (χ0) is 10.6. The number of nitrogens with one attached hydrogen (secondary N) is 1. The fraction of sp³-hybridized carbons (Fsp3) is 0.636. The first kappa shape index (κ1) is 11.3. The Morgan fingerprint density at radius 3 is 2.43 bits per heavy atom. The Labute approximate surface area is 85.1 Å². The van der Waals surface area contributed by atoms with Gasteiger partial charge in [-0.15, -0.1) is 0 Å². The average Bonchev–Trinajstić information content (AvgIpc) is 2.61. The van der Waals surface area contributed by atoms with Crippen molar-refractivity contribution in [3.8, 4) is 0 Å². The van der Waals surface area contributed by atoms with Crippen LogP contribution < -0.4 is 5.32 Å². The Hall–Kier alpha value is -0.800. The summed E-state index contributed by atoms with van der Waals surface area (Å²) in [5, 5.41) is 12.2. The largest absolute Gasteiger partial charge is 0.462 e. The molecule has 1 heterocycles. The lowest BCUT2D eigenvalue weighted by atomic mass is 10.1. The number of furan rings is 1. The molecule has 14 heavy (non-hydrogen) atoms. The van der Waals surface area contributed by atoms with E-state index >= 15 is 0 Å². The molecule has 0 aliphatic rings. The van der Waals surface area contributed by atoms with Crippen molar-refractivity contribution in [1.29, 1.82) is 0 Å². The van der Waals surface area contributed by atoms with Crippen molar-refractivity contribution >= 4 is 0 Å². The summed E-state index contributed by atoms with van der Waals surface area (Å²) in [4.78, 5) is 0. The van der Waals surface area contributed by atoms with E-state index in [-0.39, 0.29) is 6.61 Å². The zero-order valence-electron chi connectivity index (χ0n) is 9.08. The standard InChI is InChI=1S/C11H19NO2/c1-8(2)9(3)12-6-10-4-5-11(7-13)14-10/h4-5,8-9,12-13H,6-7H2,1-3H3. The van der Waals surface area contributed by atoms with E-state index in [1.54, 1.807) is 6.07 Å². The number of hydrogen-bond donors (Lipinski definition) is 2. The lowest BCUT2D eigenvalue weighted by molar-refractivity contribution is 0.242. The van der Waals surface area contributed by atoms with Crippen LogP contribution in [-0.2, 0) is 13.2 Å². The van der Waals surface area contributed by atoms with Crippen molar-refractivity contribution in [3.05, 3.63) is 23.7 Å². The number of aliphatic hydroxyl groups is 1. The highest BCUT2D eigenvalue weighted by Gasteiger charge is 2.07. The van der Waals surface area contributed by atoms with Gasteiger partial charge in [-0.25, -0.2) is 0 Å². The van der Waals surface area contributed by atoms with E-state index in [0.29, 0.717) is 17.7 Å². The molecule has 1 rings (SSSR count). The van der Waals surface area contributed by atoms with Gasteiger partial charge in [-0.3, -0.25) is 0 Å². The molecular weight excluding hydrogens is 178 g/mol. The van der Waals surface area contributed by atoms with E-state index in [1.807, 2.05) is 6.07 Å². The van der Waals surface area contributed by atoms with Crippen LogP contribution in [0.15, 0.2) is 16.5 Å². The van der Waals surface area contributed by atoms with Gasteiger partial charge in [-0.05, 0) is 25.0 Å². The van der Waals surface area contributed by atoms with Gasteiger partial charge in [0.25, 0.3) is 0 Å². The minimum Gasteiger partial charge on any atom is -0.462 e. The van der Waals surface area contributed by atoms with E-state index in [2.05, 4.69) is 26.1 Å². The van der Waals surface area contributed by atoms with E-state index in [1.165, 1.54) is 0 Å². The predicted octanol–water partition coefficient (Wildman–Crippen LogP) is 1.91. The third kappa shape index (κ3) is 3.16. The molecule has 1 aromatic rings. The molecule has 0 aliphatic heterocycles. The van der Waals surface area contributed by atoms with Crippen LogP contribution in [0.5, 0.6) is 0 Å². The molecule has 0 fully saturated rings. The molecule has 3 heteroatoms. The fourth-order valence-corrected chi connectivity index (χ4v) is 1.10. The zero-order valence-corrected chi connectivity index (χ0v) is 9.08. The minimum atomic E-state index is -0.0280. The summed E-state index contributed by atoms with van der Waals surface area (Å²) in [7, 11) is 0. The topological polar surface area (TPSA) is 45.4 Å². The SMILES string of the molecule is CC(C)C(C)NCc1ccc(CO)o1. The molecule has 0 aromatic carbocycles. The Morgan fingerprint density at radius 1 is 1.29 bits per heavy atom. The van der Waals surface area contributed by atoms with Crippen LogP contribution in [0, 0.1) is 5.92 Å². The second-order valence-electron chi connectivity index (χ2n) is 3.94. The average molecular weight is 197 g/mol. The van der Waals surface area contributed by atoms with Crippen LogP contribution in [0.2, 0.25) is 0 Å². The Kier molecular flexibility index (Phi) is 4.17. The number of rotatable bonds is 5. The van der Waals surface area contributed by atoms with Gasteiger partial charge in [0.1, 0.15) is 18.1 Å². The molecule has 0 aliphatic carbocycles. The summed E-state index contributed by atoms with van der Waals surface area (Å²) < 4.78 is 5.35. The molecule has 1 unspecified atom stereocenters. The Morgan fingerprint density at radius 2 is 1.93 bits per heavy atom. The quantitative estimate of drug-likeness (QED) is 0.758. The number of hydrogen-bond acceptors (Lipinski definition) is 3. The van der Waals surface area contributed by atoms with Crippen molar-refractivity contribution < 1.29 is 9.52 Å². The fourth-order valence-electron chi connectivity index (χ4n) is 1.10. The van der Waals surface area contributed by atoms with Gasteiger partial charge >= 0.3 is 0 Å². The highest BCUT2D eigenvalue weighted by molar-refractivity contribution is 5.06. The Balaban J connectivity index is 2.37. The van der Waals surface area contributed by atoms with Gasteiger partial charge in [0.05, 0.1) is 6.54 Å². The van der Waals surface area contributed by atoms with Crippen LogP contribution in [0.3, 0.4) is 0 Å². The minimum absolute atomic E-state index is 0.0280. The lowest BCUT2D eigenvalue weighted by Gasteiger charge is -2.16. The van der Waals surface area contributed by atoms with Crippen LogP contribution >= 0.6 is 0 Å². The predicted molar refractivity (Wildman–Crippen MR) is 55.8 cm³/mol. The van der Waals surface area contributed by atoms with E-state index in [4.69, 9.17) is 9.52 Å². The van der Waals surface area contributed by atoms with Crippen LogP contribution in [0.25, 0.3) is 0 Å². The van der Waals surface area contributed by atoms with Gasteiger partial charge in [-0.1, -0.05) is 13.8 Å². The third-order valence-corrected chi connectivity index (χ3v) is 2.47. The molecule has 80 valence electrons. The summed E-state index contributed by atoms with van der Waals surface area (Å²) in [5.74, 6) is 2.11. The first-order valence-electron chi connectivity index (χ1n) is 5.05. The van der Waals surface area contributed by atoms with Gasteiger partial charge in [0, 0.05) is 6.04 Å². The second-order valence-corrected chi connectivity index (χ2v) is 3.94. The second kappa shape index (κ2) is 5.17. The molecule has 1 atom stereocenters. The molecule has 2 N–H and O–H groups in total. The molecular formula is C11H19NO2. The van der Waals surface area contributed by atoms with Crippen LogP contribution in [0.4, 0.5) is 0 Å². The molecule has 0 spiro atoms. The summed E-state index contributed by atoms with van der Waals surface area (Å²) in [6.45, 7) is 7.21. The highest BCUT2D eigenvalue weighted by Crippen LogP contribution is 2.08. The van der Waals surface area contributed by atoms with Gasteiger partial charge in [-0.2, -0.15) is 0 Å². The summed E-state index contributed by atoms with van der Waals surface area (Å²) in [6.07, 6.45) is 0. The van der Waals surface area contributed by atoms with Crippen molar-refractivity contribution in [3.63, 3.8) is 0 Å². The van der Waals surface area contributed by atoms with E-state index < -0.39 is 0 Å². The third-order valence-electron chi connectivity index (χ3n) is 2.47. The molecule has 0 saturated heterocycles. The lowest BCUT2D eigenvalue weighted by Crippen LogP contribution is -2.29. The van der Waals surface area contributed by atoms with Crippen molar-refractivity contribution in [2.45, 2.75) is 40.0 Å². The van der Waals surface area contributed by atoms with E-state index in [0.717, 1.165) is 12.3 Å². The highest BCUT2D eigenvalue weighted by atomic mass is 16.4. The normalized spacial score (nSPS) is 13.5. The van der Waals surface area contributed by atoms with Crippen molar-refractivity contribution in [2.24, 2.45) is 5.92 Å². The van der Waals surface area contributed by atoms with Gasteiger partial charge in [0.15, 0.2) is 0 Å². The Bertz CT molecular complexity index is 268. The summed E-state index contributed by atoms with van der Waals surface area (Å²) >= 11 is 0. The smallest absolute Gasteiger partial charge is 0.129 e. The monoisotopic (exact) mass is 197 g/mol. The summed E-state index contributed by atoms with van der Waals surface area (Å²) in [5.41, 5.74) is 0. The maximum absolute atomic E-state index is 8.80. The van der Waals surface area contributed by atoms with Crippen molar-refractivity contribution in [1.82, 2.24) is 5.32 Å². The maximum atomic E-state index is 8.80. The first-order valence-corrected chi connectivity index (χ1v) is 5.05. The summed E-state index contributed by atoms with van der Waals surface area (Å²) in [6, 6.07) is 4.17. The molecule has 0 saturated carbocycles. The molecule has 3 nitrogen and oxygen atoms in total. The number of aliphatic hydroxyl groups excluding tert-OH is 1. The molecule has 1 aromatic heterocycles. The maximum Gasteiger partial charge on any atom is 0.129 e. The van der Waals surface area contributed by atoms with Gasteiger partial charge < -0.3 is 14.8 Å². The molecule has 0 amide bonds. The van der Waals surface area contributed by atoms with E-state index in [9.17, 15) is 0 Å². The molecule has 0 bridgehead atoms. The van der Waals surface area contributed by atoms with Crippen molar-refractivity contribution in [2.75, 3.05) is 0 Å². The van der Waals surface area contributed by atoms with Crippen LogP contribution in [0.1, 0.15) is 32.3 Å². The first-order chi connectivity index (χ1) is 6.63.